The predicted molar refractivity (Wildman–Crippen MR) is 36.1 cm³/mol. The van der Waals surface area contributed by atoms with Gasteiger partial charge < -0.3 is 5.11 Å². The molecule has 0 aromatic carbocycles. The zero-order chi connectivity index (χ0) is 7.28. The normalized spacial score (nSPS) is 14.1. The van der Waals surface area contributed by atoms with Crippen LogP contribution in [-0.4, -0.2) is 25.4 Å². The lowest BCUT2D eigenvalue weighted by Crippen LogP contribution is -2.09. The molecule has 0 heterocycles. The summed E-state index contributed by atoms with van der Waals surface area (Å²) in [6, 6.07) is 0. The molecule has 3 nitrogen and oxygen atoms in total. The molecule has 0 aromatic rings. The average molecular weight is 152 g/mol. The molecule has 0 radical (unpaired) electrons. The minimum absolute atomic E-state index is 0.0399. The Morgan fingerprint density at radius 2 is 2.11 bits per heavy atom. The number of hydrogen-bond acceptors (Lipinski definition) is 3. The van der Waals surface area contributed by atoms with Gasteiger partial charge in [0.25, 0.3) is 0 Å². The Balaban J connectivity index is 3.68. The third-order valence-electron chi connectivity index (χ3n) is 1.23. The molecule has 9 heavy (non-hydrogen) atoms. The Labute approximate surface area is 56.7 Å². The average Bonchev–Trinajstić information content (AvgIpc) is 1.82. The van der Waals surface area contributed by atoms with E-state index in [9.17, 15) is 8.42 Å². The topological polar surface area (TPSA) is 54.4 Å². The molecule has 0 bridgehead atoms. The Bertz CT molecular complexity index is 122. The molecule has 0 aromatic heterocycles. The zero-order valence-corrected chi connectivity index (χ0v) is 6.30. The number of rotatable bonds is 4. The Morgan fingerprint density at radius 1 is 1.56 bits per heavy atom. The smallest absolute Gasteiger partial charge is 0.143 e. The molecule has 1 atom stereocenters. The van der Waals surface area contributed by atoms with Crippen LogP contribution < -0.4 is 0 Å². The quantitative estimate of drug-likeness (QED) is 0.547. The molecule has 0 spiro atoms. The molecule has 0 fully saturated rings. The van der Waals surface area contributed by atoms with Gasteiger partial charge in [0.15, 0.2) is 0 Å². The van der Waals surface area contributed by atoms with Crippen LogP contribution in [0.15, 0.2) is 0 Å². The maximum atomic E-state index is 10.2. The number of aliphatic hydroxyl groups excluding tert-OH is 1. The van der Waals surface area contributed by atoms with Gasteiger partial charge in [0.2, 0.25) is 0 Å². The molecule has 56 valence electrons. The van der Waals surface area contributed by atoms with Gasteiger partial charge in [-0.3, -0.25) is 0 Å². The summed E-state index contributed by atoms with van der Waals surface area (Å²) in [4.78, 5) is 0. The highest BCUT2D eigenvalue weighted by Crippen LogP contribution is 1.99. The summed E-state index contributed by atoms with van der Waals surface area (Å²) in [7, 11) is -2.33. The van der Waals surface area contributed by atoms with Crippen molar-refractivity contribution in [1.29, 1.82) is 0 Å². The molecular weight excluding hydrogens is 140 g/mol. The first-order valence-electron chi connectivity index (χ1n) is 2.96. The molecule has 1 N–H and O–H groups in total. The maximum absolute atomic E-state index is 10.2. The van der Waals surface area contributed by atoms with Gasteiger partial charge in [0.1, 0.15) is 10.7 Å². The second-order valence-electron chi connectivity index (χ2n) is 1.86. The van der Waals surface area contributed by atoms with E-state index in [0.717, 1.165) is 0 Å². The molecule has 0 amide bonds. The third-order valence-corrected chi connectivity index (χ3v) is 2.45. The van der Waals surface area contributed by atoms with E-state index in [1.165, 1.54) is 0 Å². The van der Waals surface area contributed by atoms with Crippen LogP contribution in [-0.2, 0) is 10.7 Å². The van der Waals surface area contributed by atoms with E-state index in [0.29, 0.717) is 12.8 Å². The highest BCUT2D eigenvalue weighted by molar-refractivity contribution is 7.73. The molecule has 0 saturated carbocycles. The lowest BCUT2D eigenvalue weighted by molar-refractivity contribution is 0.285. The lowest BCUT2D eigenvalue weighted by Gasteiger charge is -2.01. The van der Waals surface area contributed by atoms with Crippen molar-refractivity contribution in [3.8, 4) is 0 Å². The monoisotopic (exact) mass is 152 g/mol. The molecule has 1 unspecified atom stereocenters. The molecule has 4 heteroatoms. The van der Waals surface area contributed by atoms with E-state index in [4.69, 9.17) is 5.11 Å². The summed E-state index contributed by atoms with van der Waals surface area (Å²) in [6.45, 7) is 1.76. The summed E-state index contributed by atoms with van der Waals surface area (Å²) >= 11 is 0. The van der Waals surface area contributed by atoms with Crippen molar-refractivity contribution in [2.45, 2.75) is 25.0 Å². The third kappa shape index (κ3) is 3.48. The fourth-order valence-electron chi connectivity index (χ4n) is 0.608. The predicted octanol–water partition coefficient (Wildman–Crippen LogP) is -0.241. The molecule has 0 rings (SSSR count). The summed E-state index contributed by atoms with van der Waals surface area (Å²) in [5.74, 6) is 0. The van der Waals surface area contributed by atoms with Gasteiger partial charge >= 0.3 is 0 Å². The van der Waals surface area contributed by atoms with Gasteiger partial charge in [-0.2, -0.15) is 0 Å². The fraction of sp³-hybridized carbons (Fsp3) is 1.00. The summed E-state index contributed by atoms with van der Waals surface area (Å²) < 4.78 is 20.5. The first-order chi connectivity index (χ1) is 4.22. The van der Waals surface area contributed by atoms with Crippen molar-refractivity contribution in [2.24, 2.45) is 0 Å². The highest BCUT2D eigenvalue weighted by Gasteiger charge is 2.06. The second kappa shape index (κ2) is 4.76. The fourth-order valence-corrected chi connectivity index (χ4v) is 1.23. The van der Waals surface area contributed by atoms with E-state index < -0.39 is 10.7 Å². The van der Waals surface area contributed by atoms with Crippen LogP contribution in [0.5, 0.6) is 0 Å². The van der Waals surface area contributed by atoms with Crippen molar-refractivity contribution in [3.05, 3.63) is 0 Å². The zero-order valence-electron chi connectivity index (χ0n) is 5.41. The summed E-state index contributed by atoms with van der Waals surface area (Å²) in [5.41, 5.74) is 0. The van der Waals surface area contributed by atoms with Crippen molar-refractivity contribution < 1.29 is 13.5 Å². The minimum atomic E-state index is -2.33. The minimum Gasteiger partial charge on any atom is -0.396 e. The van der Waals surface area contributed by atoms with Crippen molar-refractivity contribution in [3.63, 3.8) is 0 Å². The summed E-state index contributed by atoms with van der Waals surface area (Å²) in [6.07, 6.45) is 0.967. The second-order valence-corrected chi connectivity index (χ2v) is 3.16. The van der Waals surface area contributed by atoms with E-state index in [2.05, 4.69) is 0 Å². The van der Waals surface area contributed by atoms with Gasteiger partial charge in [-0.25, -0.2) is 8.42 Å². The van der Waals surface area contributed by atoms with Crippen LogP contribution in [0.2, 0.25) is 0 Å². The molecule has 0 saturated heterocycles. The van der Waals surface area contributed by atoms with Crippen molar-refractivity contribution in [1.82, 2.24) is 0 Å². The van der Waals surface area contributed by atoms with Crippen LogP contribution in [0, 0.1) is 0 Å². The van der Waals surface area contributed by atoms with Crippen LogP contribution >= 0.6 is 0 Å². The SMILES string of the molecule is CCC(CCO)[SH](=O)=O. The lowest BCUT2D eigenvalue weighted by atomic mass is 10.2. The molecule has 0 aliphatic rings. The van der Waals surface area contributed by atoms with Crippen LogP contribution in [0.25, 0.3) is 0 Å². The van der Waals surface area contributed by atoms with Crippen LogP contribution in [0.4, 0.5) is 0 Å². The molecule has 0 aliphatic heterocycles. The van der Waals surface area contributed by atoms with E-state index in [1.54, 1.807) is 6.92 Å². The highest BCUT2D eigenvalue weighted by atomic mass is 32.2. The van der Waals surface area contributed by atoms with Gasteiger partial charge in [0.05, 0.1) is 5.25 Å². The van der Waals surface area contributed by atoms with E-state index in [-0.39, 0.29) is 11.9 Å². The van der Waals surface area contributed by atoms with Crippen molar-refractivity contribution >= 4 is 10.7 Å². The first-order valence-corrected chi connectivity index (χ1v) is 4.21. The Kier molecular flexibility index (Phi) is 4.71. The first kappa shape index (κ1) is 8.91. The number of thiol groups is 1. The maximum Gasteiger partial charge on any atom is 0.143 e. The van der Waals surface area contributed by atoms with Crippen LogP contribution in [0.3, 0.4) is 0 Å². The van der Waals surface area contributed by atoms with Gasteiger partial charge in [-0.05, 0) is 12.8 Å². The van der Waals surface area contributed by atoms with Gasteiger partial charge in [-0.1, -0.05) is 6.92 Å². The Hall–Kier alpha value is -0.0900. The Morgan fingerprint density at radius 3 is 2.22 bits per heavy atom. The van der Waals surface area contributed by atoms with Crippen molar-refractivity contribution in [2.75, 3.05) is 6.61 Å². The number of aliphatic hydroxyl groups is 1. The van der Waals surface area contributed by atoms with E-state index in [1.807, 2.05) is 0 Å². The summed E-state index contributed by atoms with van der Waals surface area (Å²) in [5, 5.41) is 8.02. The van der Waals surface area contributed by atoms with Gasteiger partial charge in [0, 0.05) is 6.61 Å². The standard InChI is InChI=1S/C5H12O3S/c1-2-5(3-4-6)9(7)8/h5-6,9H,2-4H2,1H3. The molecule has 0 aliphatic carbocycles. The number of hydrogen-bond donors (Lipinski definition) is 2. The van der Waals surface area contributed by atoms with Gasteiger partial charge in [-0.15, -0.1) is 0 Å². The van der Waals surface area contributed by atoms with E-state index >= 15 is 0 Å². The molecular formula is C5H12O3S. The largest absolute Gasteiger partial charge is 0.396 e. The van der Waals surface area contributed by atoms with Crippen LogP contribution in [0.1, 0.15) is 19.8 Å².